The van der Waals surface area contributed by atoms with Gasteiger partial charge in [0, 0.05) is 10.9 Å². The number of thiophene rings is 1. The first-order valence-corrected chi connectivity index (χ1v) is 9.02. The Morgan fingerprint density at radius 3 is 2.74 bits per heavy atom. The van der Waals surface area contributed by atoms with Crippen LogP contribution in [0.5, 0.6) is 0 Å². The summed E-state index contributed by atoms with van der Waals surface area (Å²) in [5, 5.41) is 6.08. The maximum absolute atomic E-state index is 3.80. The summed E-state index contributed by atoms with van der Waals surface area (Å²) in [4.78, 5) is 1.61. The predicted octanol–water partition coefficient (Wildman–Crippen LogP) is 5.32. The van der Waals surface area contributed by atoms with Crippen LogP contribution in [-0.4, -0.2) is 6.54 Å². The van der Waals surface area contributed by atoms with Crippen molar-refractivity contribution < 1.29 is 0 Å². The van der Waals surface area contributed by atoms with E-state index in [1.165, 1.54) is 51.4 Å². The number of hydrogen-bond donors (Lipinski definition) is 1. The maximum Gasteiger partial charge on any atom is 0.0420 e. The molecule has 0 saturated heterocycles. The minimum atomic E-state index is 0.609. The van der Waals surface area contributed by atoms with E-state index in [2.05, 4.69) is 30.6 Å². The van der Waals surface area contributed by atoms with Crippen LogP contribution in [0.3, 0.4) is 0 Å². The zero-order valence-corrected chi connectivity index (χ0v) is 13.4. The van der Waals surface area contributed by atoms with Crippen molar-refractivity contribution in [1.29, 1.82) is 0 Å². The molecule has 1 aliphatic carbocycles. The lowest BCUT2D eigenvalue weighted by molar-refractivity contribution is 0.301. The summed E-state index contributed by atoms with van der Waals surface area (Å²) in [6.07, 6.45) is 11.0. The van der Waals surface area contributed by atoms with Gasteiger partial charge in [0.2, 0.25) is 0 Å². The number of aryl methyl sites for hydroxylation is 1. The minimum absolute atomic E-state index is 0.609. The van der Waals surface area contributed by atoms with E-state index in [9.17, 15) is 0 Å². The normalized spacial score (nSPS) is 18.6. The molecule has 0 spiro atoms. The lowest BCUT2D eigenvalue weighted by atomic mass is 9.84. The molecule has 0 bridgehead atoms. The van der Waals surface area contributed by atoms with Gasteiger partial charge in [0.15, 0.2) is 0 Å². The van der Waals surface area contributed by atoms with Gasteiger partial charge >= 0.3 is 0 Å². The summed E-state index contributed by atoms with van der Waals surface area (Å²) in [5.74, 6) is 0.954. The number of nitrogens with one attached hydrogen (secondary N) is 1. The number of rotatable bonds is 7. The predicted molar refractivity (Wildman–Crippen MR) is 85.9 cm³/mol. The average Bonchev–Trinajstić information content (AvgIpc) is 2.93. The van der Waals surface area contributed by atoms with Crippen LogP contribution in [0.1, 0.15) is 75.3 Å². The Kier molecular flexibility index (Phi) is 6.39. The topological polar surface area (TPSA) is 12.0 Å². The molecule has 1 saturated carbocycles. The first-order valence-electron chi connectivity index (χ1n) is 8.14. The molecule has 1 heterocycles. The van der Waals surface area contributed by atoms with E-state index in [0.717, 1.165) is 12.5 Å². The van der Waals surface area contributed by atoms with Gasteiger partial charge in [-0.25, -0.2) is 0 Å². The van der Waals surface area contributed by atoms with Crippen molar-refractivity contribution in [2.45, 2.75) is 71.3 Å². The van der Waals surface area contributed by atoms with Crippen molar-refractivity contribution in [3.05, 3.63) is 21.9 Å². The Labute approximate surface area is 122 Å². The van der Waals surface area contributed by atoms with Crippen LogP contribution >= 0.6 is 11.3 Å². The summed E-state index contributed by atoms with van der Waals surface area (Å²) < 4.78 is 0. The Hall–Kier alpha value is -0.340. The molecule has 2 heteroatoms. The van der Waals surface area contributed by atoms with Gasteiger partial charge in [-0.05, 0) is 48.7 Å². The van der Waals surface area contributed by atoms with Gasteiger partial charge in [-0.15, -0.1) is 11.3 Å². The lowest BCUT2D eigenvalue weighted by Gasteiger charge is -2.27. The third-order valence-electron chi connectivity index (χ3n) is 4.41. The third kappa shape index (κ3) is 4.32. The summed E-state index contributed by atoms with van der Waals surface area (Å²) in [6.45, 7) is 5.70. The molecule has 108 valence electrons. The molecule has 0 radical (unpaired) electrons. The largest absolute Gasteiger partial charge is 0.309 e. The smallest absolute Gasteiger partial charge is 0.0420 e. The Balaban J connectivity index is 2.01. The van der Waals surface area contributed by atoms with Crippen LogP contribution in [0.15, 0.2) is 11.4 Å². The molecule has 1 N–H and O–H groups in total. The highest BCUT2D eigenvalue weighted by Gasteiger charge is 2.22. The van der Waals surface area contributed by atoms with Crippen molar-refractivity contribution in [2.24, 2.45) is 5.92 Å². The second-order valence-electron chi connectivity index (χ2n) is 5.91. The van der Waals surface area contributed by atoms with Crippen LogP contribution in [0.2, 0.25) is 0 Å². The second-order valence-corrected chi connectivity index (χ2v) is 6.86. The zero-order valence-electron chi connectivity index (χ0n) is 12.6. The van der Waals surface area contributed by atoms with E-state index >= 15 is 0 Å². The van der Waals surface area contributed by atoms with E-state index in [0.29, 0.717) is 6.04 Å². The molecule has 1 aromatic rings. The Bertz CT molecular complexity index is 352. The summed E-state index contributed by atoms with van der Waals surface area (Å²) >= 11 is 1.96. The first-order chi connectivity index (χ1) is 9.35. The molecule has 1 fully saturated rings. The summed E-state index contributed by atoms with van der Waals surface area (Å²) in [6, 6.07) is 2.93. The highest BCUT2D eigenvalue weighted by molar-refractivity contribution is 7.10. The van der Waals surface area contributed by atoms with Gasteiger partial charge in [-0.2, -0.15) is 0 Å². The fourth-order valence-electron chi connectivity index (χ4n) is 3.30. The van der Waals surface area contributed by atoms with Crippen molar-refractivity contribution in [1.82, 2.24) is 5.32 Å². The van der Waals surface area contributed by atoms with Gasteiger partial charge in [-0.1, -0.05) is 46.0 Å². The molecule has 1 unspecified atom stereocenters. The molecule has 2 rings (SSSR count). The molecular formula is C17H29NS. The number of hydrogen-bond acceptors (Lipinski definition) is 2. The highest BCUT2D eigenvalue weighted by Crippen LogP contribution is 2.35. The highest BCUT2D eigenvalue weighted by atomic mass is 32.1. The van der Waals surface area contributed by atoms with Crippen LogP contribution < -0.4 is 5.32 Å². The van der Waals surface area contributed by atoms with Crippen molar-refractivity contribution in [3.8, 4) is 0 Å². The Morgan fingerprint density at radius 1 is 1.26 bits per heavy atom. The molecule has 0 aromatic carbocycles. The van der Waals surface area contributed by atoms with Gasteiger partial charge in [0.1, 0.15) is 0 Å². The zero-order chi connectivity index (χ0) is 13.5. The van der Waals surface area contributed by atoms with E-state index in [1.54, 1.807) is 10.4 Å². The maximum atomic E-state index is 3.80. The molecular weight excluding hydrogens is 250 g/mol. The van der Waals surface area contributed by atoms with Gasteiger partial charge in [0.25, 0.3) is 0 Å². The molecule has 1 aromatic heterocycles. The monoisotopic (exact) mass is 279 g/mol. The van der Waals surface area contributed by atoms with Gasteiger partial charge < -0.3 is 5.32 Å². The molecule has 0 aliphatic heterocycles. The van der Waals surface area contributed by atoms with Gasteiger partial charge in [-0.3, -0.25) is 0 Å². The van der Waals surface area contributed by atoms with E-state index in [1.807, 2.05) is 11.3 Å². The molecule has 19 heavy (non-hydrogen) atoms. The minimum Gasteiger partial charge on any atom is -0.309 e. The van der Waals surface area contributed by atoms with Crippen molar-refractivity contribution in [2.75, 3.05) is 6.54 Å². The molecule has 1 aliphatic rings. The third-order valence-corrected chi connectivity index (χ3v) is 5.49. The quantitative estimate of drug-likeness (QED) is 0.712. The second kappa shape index (κ2) is 8.06. The van der Waals surface area contributed by atoms with Crippen LogP contribution in [0, 0.1) is 5.92 Å². The van der Waals surface area contributed by atoms with Crippen molar-refractivity contribution in [3.63, 3.8) is 0 Å². The van der Waals surface area contributed by atoms with E-state index in [4.69, 9.17) is 0 Å². The fourth-order valence-corrected chi connectivity index (χ4v) is 4.39. The molecule has 1 nitrogen and oxygen atoms in total. The van der Waals surface area contributed by atoms with E-state index < -0.39 is 0 Å². The lowest BCUT2D eigenvalue weighted by Crippen LogP contribution is -2.25. The average molecular weight is 279 g/mol. The summed E-state index contributed by atoms with van der Waals surface area (Å²) in [7, 11) is 0. The SMILES string of the molecule is CCCNC(CC1CCCCC1)c1sccc1CC. The van der Waals surface area contributed by atoms with Crippen LogP contribution in [0.25, 0.3) is 0 Å². The first kappa shape index (κ1) is 15.1. The summed E-state index contributed by atoms with van der Waals surface area (Å²) in [5.41, 5.74) is 1.56. The van der Waals surface area contributed by atoms with Crippen LogP contribution in [-0.2, 0) is 6.42 Å². The van der Waals surface area contributed by atoms with Crippen LogP contribution in [0.4, 0.5) is 0 Å². The molecule has 1 atom stereocenters. The van der Waals surface area contributed by atoms with Gasteiger partial charge in [0.05, 0.1) is 0 Å². The molecule has 0 amide bonds. The standard InChI is InChI=1S/C17H29NS/c1-3-11-18-16(13-14-8-6-5-7-9-14)17-15(4-2)10-12-19-17/h10,12,14,16,18H,3-9,11,13H2,1-2H3. The fraction of sp³-hybridized carbons (Fsp3) is 0.765. The van der Waals surface area contributed by atoms with Crippen molar-refractivity contribution >= 4 is 11.3 Å². The van der Waals surface area contributed by atoms with E-state index in [-0.39, 0.29) is 0 Å². The Morgan fingerprint density at radius 2 is 2.05 bits per heavy atom.